The number of hydrogen-bond donors (Lipinski definition) is 2. The zero-order valence-corrected chi connectivity index (χ0v) is 7.34. The molecule has 0 saturated heterocycles. The van der Waals surface area contributed by atoms with Gasteiger partial charge in [-0.2, -0.15) is 0 Å². The summed E-state index contributed by atoms with van der Waals surface area (Å²) < 4.78 is 0. The second-order valence-electron chi connectivity index (χ2n) is 3.46. The lowest BCUT2D eigenvalue weighted by molar-refractivity contribution is 0.117. The van der Waals surface area contributed by atoms with E-state index >= 15 is 0 Å². The Bertz CT molecular complexity index is 95.0. The monoisotopic (exact) mass is 157 g/mol. The summed E-state index contributed by atoms with van der Waals surface area (Å²) in [5.41, 5.74) is 0. The summed E-state index contributed by atoms with van der Waals surface area (Å²) in [6, 6.07) is 0.679. The van der Waals surface area contributed by atoms with Gasteiger partial charge >= 0.3 is 0 Å². The van der Waals surface area contributed by atoms with Crippen LogP contribution in [0.5, 0.6) is 0 Å². The molecule has 0 aromatic carbocycles. The van der Waals surface area contributed by atoms with Gasteiger partial charge in [-0.1, -0.05) is 6.92 Å². The number of rotatable bonds is 3. The van der Waals surface area contributed by atoms with Crippen LogP contribution in [-0.2, 0) is 0 Å². The van der Waals surface area contributed by atoms with Crippen molar-refractivity contribution in [1.29, 1.82) is 0 Å². The molecule has 1 fully saturated rings. The van der Waals surface area contributed by atoms with Crippen LogP contribution < -0.4 is 5.32 Å². The molecule has 0 bridgehead atoms. The average Bonchev–Trinajstić information content (AvgIpc) is 2.04. The fourth-order valence-corrected chi connectivity index (χ4v) is 1.63. The summed E-state index contributed by atoms with van der Waals surface area (Å²) in [6.07, 6.45) is 5.47. The maximum Gasteiger partial charge on any atom is 0.0541 e. The molecule has 0 aliphatic heterocycles. The van der Waals surface area contributed by atoms with Gasteiger partial charge in [0, 0.05) is 6.04 Å². The third kappa shape index (κ3) is 3.21. The molecule has 2 nitrogen and oxygen atoms in total. The van der Waals surface area contributed by atoms with Crippen LogP contribution in [0.4, 0.5) is 0 Å². The third-order valence-electron chi connectivity index (χ3n) is 2.38. The minimum atomic E-state index is -0.0188. The maximum absolute atomic E-state index is 9.22. The van der Waals surface area contributed by atoms with Crippen molar-refractivity contribution in [3.63, 3.8) is 0 Å². The molecule has 11 heavy (non-hydrogen) atoms. The second-order valence-corrected chi connectivity index (χ2v) is 3.46. The Morgan fingerprint density at radius 3 is 2.45 bits per heavy atom. The van der Waals surface area contributed by atoms with Gasteiger partial charge in [-0.15, -0.1) is 0 Å². The lowest BCUT2D eigenvalue weighted by Crippen LogP contribution is -2.34. The van der Waals surface area contributed by atoms with E-state index in [1.165, 1.54) is 6.42 Å². The molecule has 0 spiro atoms. The fourth-order valence-electron chi connectivity index (χ4n) is 1.63. The highest BCUT2D eigenvalue weighted by atomic mass is 16.3. The molecule has 0 atom stereocenters. The average molecular weight is 157 g/mol. The van der Waals surface area contributed by atoms with Crippen LogP contribution in [0, 0.1) is 0 Å². The lowest BCUT2D eigenvalue weighted by atomic mass is 9.93. The van der Waals surface area contributed by atoms with Crippen LogP contribution in [0.15, 0.2) is 0 Å². The molecular formula is C9H19NO. The van der Waals surface area contributed by atoms with E-state index in [1.807, 2.05) is 0 Å². The normalized spacial score (nSPS) is 32.2. The van der Waals surface area contributed by atoms with Crippen LogP contribution >= 0.6 is 0 Å². The first-order valence-corrected chi connectivity index (χ1v) is 4.74. The second kappa shape index (κ2) is 4.73. The predicted molar refractivity (Wildman–Crippen MR) is 46.6 cm³/mol. The number of nitrogens with one attached hydrogen (secondary N) is 1. The topological polar surface area (TPSA) is 32.3 Å². The maximum atomic E-state index is 9.22. The van der Waals surface area contributed by atoms with Crippen molar-refractivity contribution in [2.45, 2.75) is 51.2 Å². The highest BCUT2D eigenvalue weighted by Gasteiger charge is 2.17. The summed E-state index contributed by atoms with van der Waals surface area (Å²) in [4.78, 5) is 0. The molecule has 0 amide bonds. The van der Waals surface area contributed by atoms with E-state index in [1.54, 1.807) is 0 Å². The number of hydrogen-bond acceptors (Lipinski definition) is 2. The Labute approximate surface area is 69.0 Å². The molecule has 2 heteroatoms. The summed E-state index contributed by atoms with van der Waals surface area (Å²) in [7, 11) is 0. The summed E-state index contributed by atoms with van der Waals surface area (Å²) in [5, 5.41) is 12.7. The lowest BCUT2D eigenvalue weighted by Gasteiger charge is -2.26. The number of aliphatic hydroxyl groups is 1. The van der Waals surface area contributed by atoms with Crippen molar-refractivity contribution in [2.24, 2.45) is 0 Å². The van der Waals surface area contributed by atoms with E-state index in [2.05, 4.69) is 12.2 Å². The SMILES string of the molecule is CCCN[C@H]1CC[C@H](O)CC1. The van der Waals surface area contributed by atoms with E-state index < -0.39 is 0 Å². The van der Waals surface area contributed by atoms with Crippen molar-refractivity contribution in [3.8, 4) is 0 Å². The van der Waals surface area contributed by atoms with Crippen molar-refractivity contribution in [2.75, 3.05) is 6.54 Å². The van der Waals surface area contributed by atoms with E-state index in [0.29, 0.717) is 6.04 Å². The molecular weight excluding hydrogens is 138 g/mol. The number of aliphatic hydroxyl groups excluding tert-OH is 1. The predicted octanol–water partition coefficient (Wildman–Crippen LogP) is 1.29. The van der Waals surface area contributed by atoms with Crippen molar-refractivity contribution in [1.82, 2.24) is 5.32 Å². The Balaban J connectivity index is 2.07. The van der Waals surface area contributed by atoms with E-state index in [4.69, 9.17) is 0 Å². The van der Waals surface area contributed by atoms with Crippen LogP contribution in [0.2, 0.25) is 0 Å². The molecule has 0 radical (unpaired) electrons. The van der Waals surface area contributed by atoms with Crippen LogP contribution in [0.3, 0.4) is 0 Å². The van der Waals surface area contributed by atoms with Gasteiger partial charge < -0.3 is 10.4 Å². The van der Waals surface area contributed by atoms with Crippen LogP contribution in [0.25, 0.3) is 0 Å². The smallest absolute Gasteiger partial charge is 0.0541 e. The van der Waals surface area contributed by atoms with E-state index in [-0.39, 0.29) is 6.10 Å². The Hall–Kier alpha value is -0.0800. The largest absolute Gasteiger partial charge is 0.393 e. The van der Waals surface area contributed by atoms with Gasteiger partial charge in [-0.05, 0) is 38.6 Å². The van der Waals surface area contributed by atoms with Crippen molar-refractivity contribution in [3.05, 3.63) is 0 Å². The standard InChI is InChI=1S/C9H19NO/c1-2-7-10-8-3-5-9(11)6-4-8/h8-11H,2-7H2,1H3/t8-,9-. The van der Waals surface area contributed by atoms with E-state index in [0.717, 1.165) is 32.2 Å². The fraction of sp³-hybridized carbons (Fsp3) is 1.00. The molecule has 0 heterocycles. The van der Waals surface area contributed by atoms with Gasteiger partial charge in [0.15, 0.2) is 0 Å². The minimum Gasteiger partial charge on any atom is -0.393 e. The zero-order chi connectivity index (χ0) is 8.10. The first-order chi connectivity index (χ1) is 5.33. The van der Waals surface area contributed by atoms with Gasteiger partial charge in [-0.25, -0.2) is 0 Å². The minimum absolute atomic E-state index is 0.0188. The molecule has 0 aromatic rings. The van der Waals surface area contributed by atoms with Crippen LogP contribution in [-0.4, -0.2) is 23.8 Å². The van der Waals surface area contributed by atoms with Gasteiger partial charge in [-0.3, -0.25) is 0 Å². The summed E-state index contributed by atoms with van der Waals surface area (Å²) >= 11 is 0. The zero-order valence-electron chi connectivity index (χ0n) is 7.34. The van der Waals surface area contributed by atoms with Gasteiger partial charge in [0.05, 0.1) is 6.10 Å². The quantitative estimate of drug-likeness (QED) is 0.647. The highest BCUT2D eigenvalue weighted by Crippen LogP contribution is 2.17. The van der Waals surface area contributed by atoms with Gasteiger partial charge in [0.2, 0.25) is 0 Å². The summed E-state index contributed by atoms with van der Waals surface area (Å²) in [5.74, 6) is 0. The molecule has 0 unspecified atom stereocenters. The first kappa shape index (κ1) is 9.01. The van der Waals surface area contributed by atoms with E-state index in [9.17, 15) is 5.11 Å². The highest BCUT2D eigenvalue weighted by molar-refractivity contribution is 4.75. The molecule has 0 aromatic heterocycles. The Kier molecular flexibility index (Phi) is 3.87. The Morgan fingerprint density at radius 1 is 1.27 bits per heavy atom. The van der Waals surface area contributed by atoms with Crippen molar-refractivity contribution < 1.29 is 5.11 Å². The molecule has 1 aliphatic rings. The Morgan fingerprint density at radius 2 is 1.91 bits per heavy atom. The van der Waals surface area contributed by atoms with Gasteiger partial charge in [0.1, 0.15) is 0 Å². The molecule has 1 aliphatic carbocycles. The molecule has 1 rings (SSSR count). The summed E-state index contributed by atoms with van der Waals surface area (Å²) in [6.45, 7) is 3.31. The molecule has 2 N–H and O–H groups in total. The van der Waals surface area contributed by atoms with Crippen molar-refractivity contribution >= 4 is 0 Å². The molecule has 66 valence electrons. The third-order valence-corrected chi connectivity index (χ3v) is 2.38. The van der Waals surface area contributed by atoms with Crippen LogP contribution in [0.1, 0.15) is 39.0 Å². The first-order valence-electron chi connectivity index (χ1n) is 4.74. The molecule has 1 saturated carbocycles. The van der Waals surface area contributed by atoms with Gasteiger partial charge in [0.25, 0.3) is 0 Å².